The third kappa shape index (κ3) is 2.36. The minimum Gasteiger partial charge on any atom is -0.296 e. The predicted octanol–water partition coefficient (Wildman–Crippen LogP) is 3.49. The summed E-state index contributed by atoms with van der Waals surface area (Å²) in [5.41, 5.74) is 0.188. The molecule has 0 aromatic carbocycles. The van der Waals surface area contributed by atoms with Crippen LogP contribution >= 0.6 is 31.9 Å². The zero-order valence-corrected chi connectivity index (χ0v) is 9.98. The molecule has 0 aliphatic carbocycles. The monoisotopic (exact) mass is 327 g/mol. The van der Waals surface area contributed by atoms with Gasteiger partial charge in [0, 0.05) is 16.5 Å². The third-order valence-corrected chi connectivity index (χ3v) is 2.83. The smallest absolute Gasteiger partial charge is 0.264 e. The Morgan fingerprint density at radius 3 is 2.64 bits per heavy atom. The Morgan fingerprint density at radius 2 is 2.21 bits per heavy atom. The fourth-order valence-electron chi connectivity index (χ4n) is 0.966. The lowest BCUT2D eigenvalue weighted by atomic mass is 10.1. The van der Waals surface area contributed by atoms with Crippen LogP contribution in [0.4, 0.5) is 8.78 Å². The van der Waals surface area contributed by atoms with Crippen LogP contribution in [0, 0.1) is 0 Å². The second-order valence-electron chi connectivity index (χ2n) is 2.46. The average Bonchev–Trinajstić information content (AvgIpc) is 2.16. The van der Waals surface area contributed by atoms with E-state index in [4.69, 9.17) is 0 Å². The van der Waals surface area contributed by atoms with Crippen LogP contribution < -0.4 is 0 Å². The van der Waals surface area contributed by atoms with Gasteiger partial charge in [0.2, 0.25) is 0 Å². The largest absolute Gasteiger partial charge is 0.296 e. The summed E-state index contributed by atoms with van der Waals surface area (Å²) in [6.07, 6.45) is -2.17. The van der Waals surface area contributed by atoms with E-state index >= 15 is 0 Å². The molecular formula is C8H5Br2F2NO. The quantitative estimate of drug-likeness (QED) is 0.483. The second kappa shape index (κ2) is 4.93. The van der Waals surface area contributed by atoms with E-state index in [1.54, 1.807) is 0 Å². The Balaban J connectivity index is 3.35. The number of aldehydes is 1. The Bertz CT molecular complexity index is 357. The van der Waals surface area contributed by atoms with Crippen molar-refractivity contribution in [1.29, 1.82) is 0 Å². The molecule has 0 N–H and O–H groups in total. The van der Waals surface area contributed by atoms with Gasteiger partial charge in [-0.25, -0.2) is 13.8 Å². The lowest BCUT2D eigenvalue weighted by Gasteiger charge is -2.08. The molecule has 0 aliphatic rings. The van der Waals surface area contributed by atoms with Gasteiger partial charge >= 0.3 is 0 Å². The van der Waals surface area contributed by atoms with Crippen LogP contribution in [0.1, 0.15) is 28.0 Å². The first-order valence-corrected chi connectivity index (χ1v) is 5.50. The number of rotatable bonds is 3. The normalized spacial score (nSPS) is 10.6. The summed E-state index contributed by atoms with van der Waals surface area (Å²) >= 11 is 6.12. The van der Waals surface area contributed by atoms with E-state index in [0.717, 1.165) is 6.07 Å². The van der Waals surface area contributed by atoms with E-state index in [1.165, 1.54) is 0 Å². The van der Waals surface area contributed by atoms with Gasteiger partial charge in [0.1, 0.15) is 10.3 Å². The van der Waals surface area contributed by atoms with Gasteiger partial charge in [0.25, 0.3) is 6.43 Å². The van der Waals surface area contributed by atoms with E-state index < -0.39 is 6.43 Å². The first-order chi connectivity index (χ1) is 6.60. The molecular weight excluding hydrogens is 324 g/mol. The van der Waals surface area contributed by atoms with Crippen molar-refractivity contribution in [2.24, 2.45) is 0 Å². The SMILES string of the molecule is O=Cc1cc(C(F)F)c(CBr)c(Br)n1. The van der Waals surface area contributed by atoms with Gasteiger partial charge in [-0.2, -0.15) is 0 Å². The fraction of sp³-hybridized carbons (Fsp3) is 0.250. The third-order valence-electron chi connectivity index (χ3n) is 1.62. The molecule has 0 fully saturated rings. The van der Waals surface area contributed by atoms with Crippen LogP contribution in [0.15, 0.2) is 10.7 Å². The molecule has 0 saturated heterocycles. The maximum Gasteiger partial charge on any atom is 0.264 e. The molecule has 1 heterocycles. The van der Waals surface area contributed by atoms with E-state index in [0.29, 0.717) is 11.8 Å². The van der Waals surface area contributed by atoms with Gasteiger partial charge in [0.05, 0.1) is 0 Å². The summed E-state index contributed by atoms with van der Waals surface area (Å²) in [5.74, 6) is 0. The molecule has 6 heteroatoms. The van der Waals surface area contributed by atoms with E-state index in [9.17, 15) is 13.6 Å². The van der Waals surface area contributed by atoms with Crippen molar-refractivity contribution < 1.29 is 13.6 Å². The molecule has 0 saturated carbocycles. The Labute approximate surface area is 96.0 Å². The van der Waals surface area contributed by atoms with Crippen LogP contribution in [0.2, 0.25) is 0 Å². The second-order valence-corrected chi connectivity index (χ2v) is 3.77. The van der Waals surface area contributed by atoms with Crippen molar-refractivity contribution in [2.75, 3.05) is 0 Å². The molecule has 0 bridgehead atoms. The molecule has 76 valence electrons. The van der Waals surface area contributed by atoms with Crippen LogP contribution in [0.25, 0.3) is 0 Å². The summed E-state index contributed by atoms with van der Waals surface area (Å²) in [5, 5.41) is 0.263. The molecule has 1 rings (SSSR count). The minimum absolute atomic E-state index is 0.00289. The van der Waals surface area contributed by atoms with Gasteiger partial charge < -0.3 is 0 Å². The van der Waals surface area contributed by atoms with Crippen molar-refractivity contribution in [3.63, 3.8) is 0 Å². The van der Waals surface area contributed by atoms with Crippen LogP contribution in [-0.2, 0) is 5.33 Å². The van der Waals surface area contributed by atoms with Gasteiger partial charge in [-0.3, -0.25) is 4.79 Å². The molecule has 0 unspecified atom stereocenters. The molecule has 0 radical (unpaired) electrons. The standard InChI is InChI=1S/C8H5Br2F2NO/c9-2-6-5(8(11)12)1-4(3-14)13-7(6)10/h1,3,8H,2H2. The minimum atomic E-state index is -2.61. The van der Waals surface area contributed by atoms with Crippen LogP contribution in [0.5, 0.6) is 0 Å². The molecule has 14 heavy (non-hydrogen) atoms. The number of carbonyl (C=O) groups is 1. The average molecular weight is 329 g/mol. The highest BCUT2D eigenvalue weighted by atomic mass is 79.9. The van der Waals surface area contributed by atoms with Gasteiger partial charge in [-0.1, -0.05) is 15.9 Å². The molecule has 0 spiro atoms. The van der Waals surface area contributed by atoms with Crippen LogP contribution in [-0.4, -0.2) is 11.3 Å². The number of hydrogen-bond donors (Lipinski definition) is 0. The predicted molar refractivity (Wildman–Crippen MR) is 54.9 cm³/mol. The highest BCUT2D eigenvalue weighted by Crippen LogP contribution is 2.29. The Morgan fingerprint density at radius 1 is 1.57 bits per heavy atom. The van der Waals surface area contributed by atoms with Crippen molar-refractivity contribution in [3.05, 3.63) is 27.5 Å². The van der Waals surface area contributed by atoms with E-state index in [2.05, 4.69) is 36.8 Å². The molecule has 0 amide bonds. The first-order valence-electron chi connectivity index (χ1n) is 3.58. The lowest BCUT2D eigenvalue weighted by Crippen LogP contribution is -1.99. The Kier molecular flexibility index (Phi) is 4.12. The zero-order chi connectivity index (χ0) is 10.7. The number of halogens is 4. The molecule has 0 aliphatic heterocycles. The molecule has 1 aromatic heterocycles. The lowest BCUT2D eigenvalue weighted by molar-refractivity contribution is 0.111. The van der Waals surface area contributed by atoms with Crippen LogP contribution in [0.3, 0.4) is 0 Å². The summed E-state index contributed by atoms with van der Waals surface area (Å²) in [4.78, 5) is 14.2. The van der Waals surface area contributed by atoms with Crippen molar-refractivity contribution in [1.82, 2.24) is 4.98 Å². The maximum atomic E-state index is 12.5. The summed E-state index contributed by atoms with van der Waals surface area (Å²) in [6, 6.07) is 1.10. The highest BCUT2D eigenvalue weighted by molar-refractivity contribution is 9.10. The topological polar surface area (TPSA) is 30.0 Å². The number of pyridine rings is 1. The molecule has 2 nitrogen and oxygen atoms in total. The van der Waals surface area contributed by atoms with Gasteiger partial charge in [-0.05, 0) is 22.0 Å². The van der Waals surface area contributed by atoms with E-state index in [-0.39, 0.29) is 21.2 Å². The van der Waals surface area contributed by atoms with E-state index in [1.807, 2.05) is 0 Å². The summed E-state index contributed by atoms with van der Waals surface area (Å²) in [6.45, 7) is 0. The fourth-order valence-corrected chi connectivity index (χ4v) is 2.51. The van der Waals surface area contributed by atoms with Crippen molar-refractivity contribution in [2.45, 2.75) is 11.8 Å². The Hall–Kier alpha value is -0.360. The molecule has 1 aromatic rings. The van der Waals surface area contributed by atoms with Crippen molar-refractivity contribution >= 4 is 38.1 Å². The first kappa shape index (κ1) is 11.7. The number of nitrogens with zero attached hydrogens (tertiary/aromatic N) is 1. The van der Waals surface area contributed by atoms with Gasteiger partial charge in [-0.15, -0.1) is 0 Å². The number of hydrogen-bond acceptors (Lipinski definition) is 2. The zero-order valence-electron chi connectivity index (χ0n) is 6.81. The molecule has 0 atom stereocenters. The number of aromatic nitrogens is 1. The van der Waals surface area contributed by atoms with Gasteiger partial charge in [0.15, 0.2) is 6.29 Å². The van der Waals surface area contributed by atoms with Crippen molar-refractivity contribution in [3.8, 4) is 0 Å². The number of carbonyl (C=O) groups excluding carboxylic acids is 1. The number of alkyl halides is 3. The summed E-state index contributed by atoms with van der Waals surface area (Å²) in [7, 11) is 0. The summed E-state index contributed by atoms with van der Waals surface area (Å²) < 4.78 is 25.3. The maximum absolute atomic E-state index is 12.5. The highest BCUT2D eigenvalue weighted by Gasteiger charge is 2.17.